The van der Waals surface area contributed by atoms with Gasteiger partial charge >= 0.3 is 5.97 Å². The molecule has 2 rings (SSSR count). The van der Waals surface area contributed by atoms with Crippen molar-refractivity contribution in [2.45, 2.75) is 31.4 Å². The number of aliphatic carboxylic acids is 1. The number of carboxylic acid groups (broad SMARTS) is 1. The Morgan fingerprint density at radius 2 is 2.28 bits per heavy atom. The SMILES string of the molecule is CN(CCNC(=O)C1CC(C(=O)O)=NO1)C1CC1. The Balaban J connectivity index is 1.65. The van der Waals surface area contributed by atoms with Crippen molar-refractivity contribution in [1.82, 2.24) is 10.2 Å². The highest BCUT2D eigenvalue weighted by Crippen LogP contribution is 2.24. The fraction of sp³-hybridized carbons (Fsp3) is 0.727. The first kappa shape index (κ1) is 12.8. The molecule has 0 aromatic carbocycles. The molecule has 100 valence electrons. The van der Waals surface area contributed by atoms with Crippen LogP contribution in [-0.2, 0) is 14.4 Å². The highest BCUT2D eigenvalue weighted by Gasteiger charge is 2.31. The smallest absolute Gasteiger partial charge is 0.353 e. The fourth-order valence-electron chi connectivity index (χ4n) is 1.81. The number of rotatable bonds is 6. The van der Waals surface area contributed by atoms with E-state index >= 15 is 0 Å². The van der Waals surface area contributed by atoms with Crippen LogP contribution in [0.1, 0.15) is 19.3 Å². The third-order valence-corrected chi connectivity index (χ3v) is 3.14. The van der Waals surface area contributed by atoms with Crippen molar-refractivity contribution in [1.29, 1.82) is 0 Å². The lowest BCUT2D eigenvalue weighted by Crippen LogP contribution is -2.39. The monoisotopic (exact) mass is 255 g/mol. The predicted molar refractivity (Wildman–Crippen MR) is 63.2 cm³/mol. The standard InChI is InChI=1S/C11H17N3O4/c1-14(7-2-3-7)5-4-12-10(15)9-6-8(11(16)17)13-18-9/h7,9H,2-6H2,1H3,(H,12,15)(H,16,17). The van der Waals surface area contributed by atoms with Crippen LogP contribution in [0.4, 0.5) is 0 Å². The minimum Gasteiger partial charge on any atom is -0.477 e. The molecular weight excluding hydrogens is 238 g/mol. The van der Waals surface area contributed by atoms with Gasteiger partial charge < -0.3 is 20.2 Å². The molecule has 0 saturated heterocycles. The molecule has 1 unspecified atom stereocenters. The second-order valence-electron chi connectivity index (χ2n) is 4.64. The van der Waals surface area contributed by atoms with Gasteiger partial charge in [-0.3, -0.25) is 4.79 Å². The number of hydrogen-bond acceptors (Lipinski definition) is 5. The molecule has 0 aromatic heterocycles. The lowest BCUT2D eigenvalue weighted by Gasteiger charge is -2.16. The van der Waals surface area contributed by atoms with Crippen LogP contribution in [0.25, 0.3) is 0 Å². The van der Waals surface area contributed by atoms with E-state index < -0.39 is 12.1 Å². The molecule has 2 aliphatic rings. The van der Waals surface area contributed by atoms with Crippen LogP contribution in [-0.4, -0.2) is 59.9 Å². The number of hydrogen-bond donors (Lipinski definition) is 2. The van der Waals surface area contributed by atoms with Gasteiger partial charge in [0, 0.05) is 25.6 Å². The Labute approximate surface area is 105 Å². The van der Waals surface area contributed by atoms with Crippen molar-refractivity contribution in [2.24, 2.45) is 5.16 Å². The molecule has 1 amide bonds. The number of carbonyl (C=O) groups excluding carboxylic acids is 1. The highest BCUT2D eigenvalue weighted by atomic mass is 16.6. The van der Waals surface area contributed by atoms with Gasteiger partial charge in [0.05, 0.1) is 0 Å². The zero-order chi connectivity index (χ0) is 13.1. The Morgan fingerprint density at radius 1 is 1.56 bits per heavy atom. The van der Waals surface area contributed by atoms with Gasteiger partial charge in [-0.05, 0) is 19.9 Å². The number of carbonyl (C=O) groups is 2. The van der Waals surface area contributed by atoms with Crippen LogP contribution < -0.4 is 5.32 Å². The summed E-state index contributed by atoms with van der Waals surface area (Å²) in [5, 5.41) is 14.8. The Kier molecular flexibility index (Phi) is 3.81. The largest absolute Gasteiger partial charge is 0.477 e. The van der Waals surface area contributed by atoms with Crippen LogP contribution in [0, 0.1) is 0 Å². The van der Waals surface area contributed by atoms with Gasteiger partial charge in [-0.2, -0.15) is 0 Å². The number of oxime groups is 1. The molecule has 1 atom stereocenters. The molecule has 0 aromatic rings. The van der Waals surface area contributed by atoms with Crippen LogP contribution in [0.15, 0.2) is 5.16 Å². The van der Waals surface area contributed by atoms with Crippen molar-refractivity contribution >= 4 is 17.6 Å². The first-order valence-corrected chi connectivity index (χ1v) is 6.02. The van der Waals surface area contributed by atoms with E-state index in [1.165, 1.54) is 12.8 Å². The lowest BCUT2D eigenvalue weighted by molar-refractivity contribution is -0.131. The average molecular weight is 255 g/mol. The van der Waals surface area contributed by atoms with Crippen LogP contribution in [0.5, 0.6) is 0 Å². The maximum atomic E-state index is 11.7. The molecule has 0 spiro atoms. The van der Waals surface area contributed by atoms with Crippen LogP contribution in [0.3, 0.4) is 0 Å². The quantitative estimate of drug-likeness (QED) is 0.663. The van der Waals surface area contributed by atoms with Gasteiger partial charge in [-0.1, -0.05) is 5.16 Å². The molecule has 18 heavy (non-hydrogen) atoms. The number of carboxylic acids is 1. The number of likely N-dealkylation sites (N-methyl/N-ethyl adjacent to an activating group) is 1. The lowest BCUT2D eigenvalue weighted by atomic mass is 10.2. The van der Waals surface area contributed by atoms with Gasteiger partial charge in [0.25, 0.3) is 5.91 Å². The molecule has 1 heterocycles. The summed E-state index contributed by atoms with van der Waals surface area (Å²) in [5.74, 6) is -1.45. The first-order chi connectivity index (χ1) is 8.58. The van der Waals surface area contributed by atoms with Gasteiger partial charge in [-0.15, -0.1) is 0 Å². The minimum absolute atomic E-state index is 0.0274. The zero-order valence-electron chi connectivity index (χ0n) is 10.3. The van der Waals surface area contributed by atoms with Crippen LogP contribution >= 0.6 is 0 Å². The first-order valence-electron chi connectivity index (χ1n) is 6.02. The topological polar surface area (TPSA) is 91.2 Å². The molecule has 1 aliphatic carbocycles. The summed E-state index contributed by atoms with van der Waals surface area (Å²) in [5.41, 5.74) is -0.106. The van der Waals surface area contributed by atoms with Crippen molar-refractivity contribution < 1.29 is 19.5 Å². The van der Waals surface area contributed by atoms with E-state index in [2.05, 4.69) is 15.4 Å². The Morgan fingerprint density at radius 3 is 2.83 bits per heavy atom. The minimum atomic E-state index is -1.14. The zero-order valence-corrected chi connectivity index (χ0v) is 10.3. The highest BCUT2D eigenvalue weighted by molar-refractivity contribution is 6.36. The second-order valence-corrected chi connectivity index (χ2v) is 4.64. The molecule has 1 fully saturated rings. The Hall–Kier alpha value is -1.63. The third-order valence-electron chi connectivity index (χ3n) is 3.14. The summed E-state index contributed by atoms with van der Waals surface area (Å²) in [7, 11) is 2.03. The molecule has 0 radical (unpaired) electrons. The number of amides is 1. The van der Waals surface area contributed by atoms with E-state index in [0.717, 1.165) is 6.54 Å². The van der Waals surface area contributed by atoms with E-state index in [1.807, 2.05) is 7.05 Å². The Bertz CT molecular complexity index is 378. The second kappa shape index (κ2) is 5.34. The molecule has 0 bridgehead atoms. The number of nitrogens with one attached hydrogen (secondary N) is 1. The van der Waals surface area contributed by atoms with Crippen molar-refractivity contribution in [3.05, 3.63) is 0 Å². The molecule has 7 nitrogen and oxygen atoms in total. The predicted octanol–water partition coefficient (Wildman–Crippen LogP) is -0.574. The van der Waals surface area contributed by atoms with Crippen LogP contribution in [0.2, 0.25) is 0 Å². The molecule has 7 heteroatoms. The van der Waals surface area contributed by atoms with Crippen molar-refractivity contribution in [2.75, 3.05) is 20.1 Å². The molecule has 2 N–H and O–H groups in total. The van der Waals surface area contributed by atoms with Gasteiger partial charge in [0.2, 0.25) is 6.10 Å². The molecule has 1 saturated carbocycles. The van der Waals surface area contributed by atoms with E-state index in [9.17, 15) is 9.59 Å². The number of nitrogens with zero attached hydrogens (tertiary/aromatic N) is 2. The molecule has 1 aliphatic heterocycles. The summed E-state index contributed by atoms with van der Waals surface area (Å²) < 4.78 is 0. The maximum Gasteiger partial charge on any atom is 0.353 e. The maximum absolute atomic E-state index is 11.7. The van der Waals surface area contributed by atoms with Gasteiger partial charge in [-0.25, -0.2) is 4.79 Å². The average Bonchev–Trinajstić information content (AvgIpc) is 3.05. The van der Waals surface area contributed by atoms with E-state index in [1.54, 1.807) is 0 Å². The fourth-order valence-corrected chi connectivity index (χ4v) is 1.81. The van der Waals surface area contributed by atoms with E-state index in [4.69, 9.17) is 9.94 Å². The summed E-state index contributed by atoms with van der Waals surface area (Å²) in [6, 6.07) is 0.659. The summed E-state index contributed by atoms with van der Waals surface area (Å²) in [4.78, 5) is 29.3. The van der Waals surface area contributed by atoms with E-state index in [0.29, 0.717) is 12.6 Å². The van der Waals surface area contributed by atoms with Crippen molar-refractivity contribution in [3.8, 4) is 0 Å². The summed E-state index contributed by atoms with van der Waals surface area (Å²) in [6.45, 7) is 1.32. The van der Waals surface area contributed by atoms with Gasteiger partial charge in [0.15, 0.2) is 5.71 Å². The third kappa shape index (κ3) is 3.19. The summed E-state index contributed by atoms with van der Waals surface area (Å²) in [6.07, 6.45) is 1.68. The van der Waals surface area contributed by atoms with E-state index in [-0.39, 0.29) is 18.0 Å². The van der Waals surface area contributed by atoms with Gasteiger partial charge in [0.1, 0.15) is 0 Å². The van der Waals surface area contributed by atoms with Crippen molar-refractivity contribution in [3.63, 3.8) is 0 Å². The summed E-state index contributed by atoms with van der Waals surface area (Å²) >= 11 is 0. The normalized spacial score (nSPS) is 22.6. The molecular formula is C11H17N3O4.